The highest BCUT2D eigenvalue weighted by Crippen LogP contribution is 2.18. The molecule has 1 aromatic heterocycles. The normalized spacial score (nSPS) is 11.5. The molecule has 0 bridgehead atoms. The molecule has 2 aromatic carbocycles. The lowest BCUT2D eigenvalue weighted by Gasteiger charge is -2.12. The van der Waals surface area contributed by atoms with Gasteiger partial charge in [0.2, 0.25) is 0 Å². The molecule has 0 aliphatic heterocycles. The van der Waals surface area contributed by atoms with Gasteiger partial charge in [-0.1, -0.05) is 43.8 Å². The molecule has 33 heavy (non-hydrogen) atoms. The highest BCUT2D eigenvalue weighted by atomic mass is 32.2. The van der Waals surface area contributed by atoms with Crippen LogP contribution in [0.1, 0.15) is 36.5 Å². The number of para-hydroxylation sites is 1. The number of carbonyl (C=O) groups is 1. The maximum atomic E-state index is 12.5. The highest BCUT2D eigenvalue weighted by Gasteiger charge is 2.16. The van der Waals surface area contributed by atoms with Crippen molar-refractivity contribution in [2.24, 2.45) is 5.92 Å². The molecule has 0 saturated carbocycles. The monoisotopic (exact) mass is 487 g/mol. The Morgan fingerprint density at radius 1 is 1.06 bits per heavy atom. The lowest BCUT2D eigenvalue weighted by molar-refractivity contribution is 0.0953. The average molecular weight is 488 g/mol. The van der Waals surface area contributed by atoms with E-state index in [-0.39, 0.29) is 10.8 Å². The SMILES string of the molecule is CSc1nnc(CCCNC(=O)c2ccc(S(=O)(=O)Nc3ccccc3)cc2)n1CC(C)C. The van der Waals surface area contributed by atoms with Gasteiger partial charge in [-0.15, -0.1) is 10.2 Å². The number of hydrogen-bond acceptors (Lipinski definition) is 6. The van der Waals surface area contributed by atoms with E-state index in [0.29, 0.717) is 30.1 Å². The number of benzene rings is 2. The highest BCUT2D eigenvalue weighted by molar-refractivity contribution is 7.98. The summed E-state index contributed by atoms with van der Waals surface area (Å²) in [4.78, 5) is 12.6. The second-order valence-corrected chi connectivity index (χ2v) is 10.4. The molecule has 1 heterocycles. The molecule has 0 spiro atoms. The average Bonchev–Trinajstić information content (AvgIpc) is 3.17. The molecule has 176 valence electrons. The van der Waals surface area contributed by atoms with Crippen molar-refractivity contribution in [3.8, 4) is 0 Å². The van der Waals surface area contributed by atoms with Crippen molar-refractivity contribution in [1.29, 1.82) is 0 Å². The fraction of sp³-hybridized carbons (Fsp3) is 0.348. The number of rotatable bonds is 11. The Kier molecular flexibility index (Phi) is 8.51. The Morgan fingerprint density at radius 3 is 2.39 bits per heavy atom. The number of nitrogens with zero attached hydrogens (tertiary/aromatic N) is 3. The van der Waals surface area contributed by atoms with Gasteiger partial charge in [0.05, 0.1) is 4.90 Å². The molecular weight excluding hydrogens is 458 g/mol. The van der Waals surface area contributed by atoms with Crippen molar-refractivity contribution in [3.63, 3.8) is 0 Å². The number of carbonyl (C=O) groups excluding carboxylic acids is 1. The summed E-state index contributed by atoms with van der Waals surface area (Å²) in [5.41, 5.74) is 0.884. The topological polar surface area (TPSA) is 106 Å². The Balaban J connectivity index is 1.53. The summed E-state index contributed by atoms with van der Waals surface area (Å²) in [5.74, 6) is 1.16. The summed E-state index contributed by atoms with van der Waals surface area (Å²) in [7, 11) is -3.72. The Morgan fingerprint density at radius 2 is 1.76 bits per heavy atom. The number of hydrogen-bond donors (Lipinski definition) is 2. The predicted molar refractivity (Wildman–Crippen MR) is 131 cm³/mol. The summed E-state index contributed by atoms with van der Waals surface area (Å²) in [6.07, 6.45) is 3.42. The molecule has 0 radical (unpaired) electrons. The fourth-order valence-corrected chi connectivity index (χ4v) is 4.84. The van der Waals surface area contributed by atoms with Gasteiger partial charge in [0, 0.05) is 30.8 Å². The molecule has 0 atom stereocenters. The third-order valence-corrected chi connectivity index (χ3v) is 6.90. The molecule has 10 heteroatoms. The van der Waals surface area contributed by atoms with Crippen LogP contribution in [-0.2, 0) is 23.0 Å². The van der Waals surface area contributed by atoms with Crippen LogP contribution in [0.5, 0.6) is 0 Å². The van der Waals surface area contributed by atoms with Gasteiger partial charge < -0.3 is 9.88 Å². The Labute approximate surface area is 199 Å². The minimum atomic E-state index is -3.72. The molecule has 0 saturated heterocycles. The van der Waals surface area contributed by atoms with E-state index < -0.39 is 10.0 Å². The number of anilines is 1. The first kappa shape index (κ1) is 24.8. The number of nitrogens with one attached hydrogen (secondary N) is 2. The summed E-state index contributed by atoms with van der Waals surface area (Å²) in [6.45, 7) is 5.65. The van der Waals surface area contributed by atoms with Gasteiger partial charge in [-0.25, -0.2) is 8.42 Å². The van der Waals surface area contributed by atoms with E-state index in [0.717, 1.165) is 23.9 Å². The van der Waals surface area contributed by atoms with E-state index >= 15 is 0 Å². The van der Waals surface area contributed by atoms with Gasteiger partial charge in [-0.3, -0.25) is 9.52 Å². The largest absolute Gasteiger partial charge is 0.352 e. The van der Waals surface area contributed by atoms with Crippen molar-refractivity contribution < 1.29 is 13.2 Å². The van der Waals surface area contributed by atoms with Crippen LogP contribution in [0.15, 0.2) is 64.6 Å². The number of amides is 1. The predicted octanol–water partition coefficient (Wildman–Crippen LogP) is 3.82. The van der Waals surface area contributed by atoms with Gasteiger partial charge in [0.15, 0.2) is 5.16 Å². The molecule has 2 N–H and O–H groups in total. The minimum Gasteiger partial charge on any atom is -0.352 e. The van der Waals surface area contributed by atoms with Crippen LogP contribution in [0.3, 0.4) is 0 Å². The van der Waals surface area contributed by atoms with E-state index in [4.69, 9.17) is 0 Å². The van der Waals surface area contributed by atoms with Crippen LogP contribution in [0.25, 0.3) is 0 Å². The summed E-state index contributed by atoms with van der Waals surface area (Å²) < 4.78 is 29.7. The minimum absolute atomic E-state index is 0.0944. The molecule has 3 rings (SSSR count). The van der Waals surface area contributed by atoms with Gasteiger partial charge >= 0.3 is 0 Å². The zero-order valence-corrected chi connectivity index (χ0v) is 20.6. The smallest absolute Gasteiger partial charge is 0.261 e. The van der Waals surface area contributed by atoms with Crippen molar-refractivity contribution in [3.05, 3.63) is 66.0 Å². The van der Waals surface area contributed by atoms with Crippen LogP contribution in [0.4, 0.5) is 5.69 Å². The van der Waals surface area contributed by atoms with Crippen LogP contribution < -0.4 is 10.0 Å². The number of aryl methyl sites for hydroxylation is 1. The quantitative estimate of drug-likeness (QED) is 0.315. The van der Waals surface area contributed by atoms with E-state index in [1.165, 1.54) is 24.3 Å². The third kappa shape index (κ3) is 6.82. The number of thioether (sulfide) groups is 1. The van der Waals surface area contributed by atoms with E-state index in [9.17, 15) is 13.2 Å². The van der Waals surface area contributed by atoms with Crippen LogP contribution in [0.2, 0.25) is 0 Å². The fourth-order valence-electron chi connectivity index (χ4n) is 3.26. The maximum absolute atomic E-state index is 12.5. The second kappa shape index (κ2) is 11.3. The lowest BCUT2D eigenvalue weighted by atomic mass is 10.2. The summed E-state index contributed by atoms with van der Waals surface area (Å²) >= 11 is 1.58. The first-order valence-corrected chi connectivity index (χ1v) is 13.4. The lowest BCUT2D eigenvalue weighted by Crippen LogP contribution is -2.25. The molecule has 0 aliphatic carbocycles. The van der Waals surface area contributed by atoms with Gasteiger partial charge in [0.1, 0.15) is 5.82 Å². The Bertz CT molecular complexity index is 1160. The number of sulfonamides is 1. The molecule has 3 aromatic rings. The molecule has 0 fully saturated rings. The van der Waals surface area contributed by atoms with E-state index in [1.54, 1.807) is 36.0 Å². The van der Waals surface area contributed by atoms with Crippen molar-refractivity contribution in [1.82, 2.24) is 20.1 Å². The maximum Gasteiger partial charge on any atom is 0.261 e. The first-order chi connectivity index (χ1) is 15.8. The van der Waals surface area contributed by atoms with Gasteiger partial charge in [0.25, 0.3) is 15.9 Å². The standard InChI is InChI=1S/C23H29N5O3S2/c1-17(2)16-28-21(25-26-23(28)32-3)10-7-15-24-22(29)18-11-13-20(14-12-18)33(30,31)27-19-8-5-4-6-9-19/h4-6,8-9,11-14,17,27H,7,10,15-16H2,1-3H3,(H,24,29). The van der Waals surface area contributed by atoms with Gasteiger partial charge in [-0.05, 0) is 55.0 Å². The van der Waals surface area contributed by atoms with Crippen molar-refractivity contribution in [2.75, 3.05) is 17.5 Å². The molecule has 0 unspecified atom stereocenters. The molecular formula is C23H29N5O3S2. The van der Waals surface area contributed by atoms with Crippen molar-refractivity contribution in [2.45, 2.75) is 43.3 Å². The summed E-state index contributed by atoms with van der Waals surface area (Å²) in [6, 6.07) is 14.5. The third-order valence-electron chi connectivity index (χ3n) is 4.84. The zero-order chi connectivity index (χ0) is 23.8. The zero-order valence-electron chi connectivity index (χ0n) is 19.0. The summed E-state index contributed by atoms with van der Waals surface area (Å²) in [5, 5.41) is 12.3. The first-order valence-electron chi connectivity index (χ1n) is 10.7. The van der Waals surface area contributed by atoms with Crippen LogP contribution >= 0.6 is 11.8 Å². The molecule has 0 aliphatic rings. The Hall–Kier alpha value is -2.85. The van der Waals surface area contributed by atoms with Gasteiger partial charge in [-0.2, -0.15) is 0 Å². The molecule has 8 nitrogen and oxygen atoms in total. The van der Waals surface area contributed by atoms with Crippen LogP contribution in [-0.4, -0.2) is 41.9 Å². The molecule has 1 amide bonds. The van der Waals surface area contributed by atoms with E-state index in [1.807, 2.05) is 12.3 Å². The second-order valence-electron chi connectivity index (χ2n) is 7.96. The number of aromatic nitrogens is 3. The van der Waals surface area contributed by atoms with Crippen molar-refractivity contribution >= 4 is 33.4 Å². The van der Waals surface area contributed by atoms with Crippen LogP contribution in [0, 0.1) is 5.92 Å². The van der Waals surface area contributed by atoms with E-state index in [2.05, 4.69) is 38.7 Å².